The Kier molecular flexibility index (Phi) is 10.2. The summed E-state index contributed by atoms with van der Waals surface area (Å²) in [6, 6.07) is 5.69. The number of carbonyl (C=O) groups is 2. The van der Waals surface area contributed by atoms with Crippen molar-refractivity contribution in [3.05, 3.63) is 29.8 Å². The van der Waals surface area contributed by atoms with Gasteiger partial charge in [-0.25, -0.2) is 9.59 Å². The van der Waals surface area contributed by atoms with E-state index >= 15 is 0 Å². The van der Waals surface area contributed by atoms with Gasteiger partial charge in [-0.3, -0.25) is 0 Å². The summed E-state index contributed by atoms with van der Waals surface area (Å²) in [7, 11) is -7.29. The van der Waals surface area contributed by atoms with E-state index in [0.29, 0.717) is 5.98 Å². The van der Waals surface area contributed by atoms with Gasteiger partial charge in [0.15, 0.2) is 0 Å². The van der Waals surface area contributed by atoms with Crippen molar-refractivity contribution >= 4 is 36.4 Å². The topological polar surface area (TPSA) is 147 Å². The molecule has 0 radical (unpaired) electrons. The summed E-state index contributed by atoms with van der Waals surface area (Å²) in [4.78, 5) is 35.0. The van der Waals surface area contributed by atoms with Gasteiger partial charge in [0.25, 0.3) is 14.0 Å². The summed E-state index contributed by atoms with van der Waals surface area (Å²) in [5, 5.41) is 0. The van der Waals surface area contributed by atoms with E-state index in [0.717, 1.165) is 5.56 Å². The largest absolute Gasteiger partial charge is 0.601 e. The number of rotatable bonds is 9. The van der Waals surface area contributed by atoms with Gasteiger partial charge in [-0.1, -0.05) is 22.2 Å². The van der Waals surface area contributed by atoms with Crippen LogP contribution in [0.3, 0.4) is 0 Å². The van der Waals surface area contributed by atoms with Crippen LogP contribution < -0.4 is 4.89 Å². The Balaban J connectivity index is 2.85. The second-order valence-electron chi connectivity index (χ2n) is 6.22. The number of hydrogen-bond acceptors (Lipinski definition) is 11. The minimum Gasteiger partial charge on any atom is -0.601 e. The second kappa shape index (κ2) is 11.8. The van der Waals surface area contributed by atoms with Crippen molar-refractivity contribution in [2.24, 2.45) is 0 Å². The van der Waals surface area contributed by atoms with E-state index in [9.17, 15) is 22.9 Å². The van der Waals surface area contributed by atoms with E-state index in [1.807, 2.05) is 0 Å². The van der Waals surface area contributed by atoms with Gasteiger partial charge in [-0.15, -0.1) is 0 Å². The Morgan fingerprint density at radius 1 is 0.933 bits per heavy atom. The van der Waals surface area contributed by atoms with Gasteiger partial charge in [0.1, 0.15) is 0 Å². The number of hydrogen-bond donors (Lipinski definition) is 0. The third-order valence-electron chi connectivity index (χ3n) is 2.80. The maximum absolute atomic E-state index is 12.1. The Labute approximate surface area is 175 Å². The first-order valence-electron chi connectivity index (χ1n) is 8.60. The van der Waals surface area contributed by atoms with Gasteiger partial charge in [-0.2, -0.15) is 12.6 Å². The molecule has 30 heavy (non-hydrogen) atoms. The predicted octanol–water partition coefficient (Wildman–Crippen LogP) is 2.56. The van der Waals surface area contributed by atoms with Gasteiger partial charge in [0, 0.05) is 0 Å². The molecule has 1 aromatic carbocycles. The molecule has 0 N–H and O–H groups in total. The van der Waals surface area contributed by atoms with Crippen LogP contribution in [-0.4, -0.2) is 45.4 Å². The minimum absolute atomic E-state index is 0.183. The molecular formula is C17H23O11PS. The first kappa shape index (κ1) is 25.8. The van der Waals surface area contributed by atoms with Crippen LogP contribution in [0.1, 0.15) is 33.3 Å². The molecule has 0 saturated heterocycles. The van der Waals surface area contributed by atoms with Crippen molar-refractivity contribution in [3.63, 3.8) is 0 Å². The normalized spacial score (nSPS) is 12.2. The van der Waals surface area contributed by atoms with Crippen LogP contribution >= 0.6 is 8.00 Å². The van der Waals surface area contributed by atoms with Gasteiger partial charge < -0.3 is 23.8 Å². The number of carbonyl (C=O) groups excluding carboxylic acids is 2. The minimum atomic E-state index is -4.27. The molecule has 0 heterocycles. The highest BCUT2D eigenvalue weighted by Crippen LogP contribution is 2.21. The third-order valence-corrected chi connectivity index (χ3v) is 4.80. The van der Waals surface area contributed by atoms with E-state index in [-0.39, 0.29) is 4.90 Å². The molecule has 1 atom stereocenters. The fraction of sp³-hybridized carbons (Fsp3) is 0.471. The summed E-state index contributed by atoms with van der Waals surface area (Å²) in [6.07, 6.45) is -3.71. The smallest absolute Gasteiger partial charge is 0.513 e. The Hall–Kier alpha value is -2.24. The van der Waals surface area contributed by atoms with Crippen LogP contribution in [0, 0.1) is 6.92 Å². The third kappa shape index (κ3) is 9.99. The summed E-state index contributed by atoms with van der Waals surface area (Å²) >= 11 is 0. The highest BCUT2D eigenvalue weighted by atomic mass is 32.2. The zero-order valence-electron chi connectivity index (χ0n) is 17.0. The summed E-state index contributed by atoms with van der Waals surface area (Å²) in [5.74, 6) is 0.353. The quantitative estimate of drug-likeness (QED) is 0.229. The predicted molar refractivity (Wildman–Crippen MR) is 103 cm³/mol. The number of benzene rings is 1. The molecule has 1 unspecified atom stereocenters. The molecule has 0 bridgehead atoms. The molecule has 0 aliphatic rings. The molecule has 11 nitrogen and oxygen atoms in total. The summed E-state index contributed by atoms with van der Waals surface area (Å²) < 4.78 is 52.0. The zero-order chi connectivity index (χ0) is 22.9. The number of ether oxygens (including phenoxy) is 4. The molecule has 0 fully saturated rings. The molecule has 0 aliphatic heterocycles. The lowest BCUT2D eigenvalue weighted by atomic mass is 10.2. The summed E-state index contributed by atoms with van der Waals surface area (Å²) in [5.41, 5.74) is 0.825. The highest BCUT2D eigenvalue weighted by Gasteiger charge is 2.28. The second-order valence-corrected chi connectivity index (χ2v) is 8.78. The Morgan fingerprint density at radius 2 is 1.40 bits per heavy atom. The molecule has 1 aromatic rings. The van der Waals surface area contributed by atoms with Crippen molar-refractivity contribution in [2.75, 3.05) is 0 Å². The molecule has 0 saturated carbocycles. The molecule has 0 spiro atoms. The Bertz CT molecular complexity index is 823. The van der Waals surface area contributed by atoms with Crippen LogP contribution in [-0.2, 0) is 37.8 Å². The van der Waals surface area contributed by atoms with Crippen LogP contribution in [0.15, 0.2) is 29.2 Å². The van der Waals surface area contributed by atoms with Crippen molar-refractivity contribution < 1.29 is 50.6 Å². The fourth-order valence-electron chi connectivity index (χ4n) is 1.63. The van der Waals surface area contributed by atoms with E-state index in [1.54, 1.807) is 19.1 Å². The van der Waals surface area contributed by atoms with Crippen molar-refractivity contribution in [3.8, 4) is 0 Å². The van der Waals surface area contributed by atoms with E-state index in [2.05, 4.69) is 13.7 Å². The lowest BCUT2D eigenvalue weighted by Gasteiger charge is -2.16. The first-order valence-corrected chi connectivity index (χ1v) is 11.3. The molecule has 0 amide bonds. The average Bonchev–Trinajstić information content (AvgIpc) is 2.58. The zero-order valence-corrected chi connectivity index (χ0v) is 18.7. The van der Waals surface area contributed by atoms with E-state index in [1.165, 1.54) is 39.8 Å². The van der Waals surface area contributed by atoms with Crippen LogP contribution in [0.4, 0.5) is 9.59 Å². The van der Waals surface area contributed by atoms with Crippen LogP contribution in [0.2, 0.25) is 0 Å². The monoisotopic (exact) mass is 466 g/mol. The average molecular weight is 466 g/mol. The van der Waals surface area contributed by atoms with Gasteiger partial charge in [-0.05, 0) is 46.8 Å². The maximum Gasteiger partial charge on any atom is 0.513 e. The molecular weight excluding hydrogens is 443 g/mol. The lowest BCUT2D eigenvalue weighted by molar-refractivity contribution is -0.238. The van der Waals surface area contributed by atoms with Crippen LogP contribution in [0.25, 0.3) is 0 Å². The molecule has 13 heteroatoms. The summed E-state index contributed by atoms with van der Waals surface area (Å²) in [6.45, 7) is 5.74. The van der Waals surface area contributed by atoms with Gasteiger partial charge in [0.2, 0.25) is 0 Å². The van der Waals surface area contributed by atoms with Gasteiger partial charge >= 0.3 is 28.9 Å². The van der Waals surface area contributed by atoms with Crippen molar-refractivity contribution in [1.29, 1.82) is 0 Å². The van der Waals surface area contributed by atoms with E-state index < -0.39 is 49.1 Å². The standard InChI is InChI=1S/C17H23O11PS/c1-11(2)24-15(18)26-17(27-16(19)25-12(3)4)28-29(20)10-23-30(21,22)14-8-6-13(5)7-9-14/h6-12,17H,1-5H3. The maximum atomic E-state index is 12.1. The Morgan fingerprint density at radius 3 is 1.83 bits per heavy atom. The molecule has 0 aromatic heterocycles. The van der Waals surface area contributed by atoms with Gasteiger partial charge in [0.05, 0.1) is 17.1 Å². The number of aryl methyl sites for hydroxylation is 1. The van der Waals surface area contributed by atoms with Crippen LogP contribution in [0.5, 0.6) is 0 Å². The highest BCUT2D eigenvalue weighted by molar-refractivity contribution is 7.87. The molecule has 0 aliphatic carbocycles. The van der Waals surface area contributed by atoms with Crippen molar-refractivity contribution in [1.82, 2.24) is 0 Å². The molecule has 1 rings (SSSR count). The lowest BCUT2D eigenvalue weighted by Crippen LogP contribution is -2.29. The first-order chi connectivity index (χ1) is 13.9. The fourth-order valence-corrected chi connectivity index (χ4v) is 3.25. The van der Waals surface area contributed by atoms with E-state index in [4.69, 9.17) is 14.0 Å². The SMILES string of the molecule is Cc1ccc(S(=O)(=O)OC=[P+]([O-])OC(OC(=O)OC(C)C)OC(=O)OC(C)C)cc1. The molecule has 168 valence electrons. The van der Waals surface area contributed by atoms with Crippen molar-refractivity contribution in [2.45, 2.75) is 58.2 Å².